The molecule has 35 heavy (non-hydrogen) atoms. The van der Waals surface area contributed by atoms with Crippen LogP contribution < -0.4 is 27.4 Å². The van der Waals surface area contributed by atoms with Gasteiger partial charge in [-0.2, -0.15) is 0 Å². The van der Waals surface area contributed by atoms with Gasteiger partial charge in [-0.1, -0.05) is 30.3 Å². The van der Waals surface area contributed by atoms with Gasteiger partial charge in [0.05, 0.1) is 6.04 Å². The highest BCUT2D eigenvalue weighted by Gasteiger charge is 2.29. The molecule has 192 valence electrons. The van der Waals surface area contributed by atoms with Crippen molar-refractivity contribution in [2.24, 2.45) is 11.5 Å². The van der Waals surface area contributed by atoms with E-state index >= 15 is 0 Å². The van der Waals surface area contributed by atoms with Gasteiger partial charge in [-0.15, -0.1) is 0 Å². The van der Waals surface area contributed by atoms with Crippen LogP contribution in [0.25, 0.3) is 0 Å². The summed E-state index contributed by atoms with van der Waals surface area (Å²) in [6.45, 7) is 1.36. The minimum atomic E-state index is -1.48. The van der Waals surface area contributed by atoms with Gasteiger partial charge < -0.3 is 37.6 Å². The monoisotopic (exact) mass is 493 g/mol. The first-order valence-corrected chi connectivity index (χ1v) is 10.8. The molecule has 0 heterocycles. The number of hydrogen-bond donors (Lipinski definition) is 7. The Morgan fingerprint density at radius 1 is 0.829 bits per heavy atom. The standard InChI is InChI=1S/C22H31N5O8/c1-12(25-20(32)14(23)7-9-17(24)28)19(31)27-16(11-13-5-3-2-4-6-13)21(33)26-15(22(34)35)8-10-18(29)30/h2-6,12,14-16H,7-11,23H2,1H3,(H2,24,28)(H,25,32)(H,26,33)(H,27,31)(H,29,30)(H,34,35). The highest BCUT2D eigenvalue weighted by atomic mass is 16.4. The van der Waals surface area contributed by atoms with Crippen LogP contribution in [0.5, 0.6) is 0 Å². The van der Waals surface area contributed by atoms with Gasteiger partial charge in [0.15, 0.2) is 0 Å². The number of nitrogens with one attached hydrogen (secondary N) is 3. The fourth-order valence-electron chi connectivity index (χ4n) is 2.97. The number of carboxylic acids is 2. The molecule has 1 rings (SSSR count). The molecule has 0 aliphatic carbocycles. The van der Waals surface area contributed by atoms with Gasteiger partial charge in [0.1, 0.15) is 18.1 Å². The summed E-state index contributed by atoms with van der Waals surface area (Å²) in [4.78, 5) is 70.8. The maximum absolute atomic E-state index is 12.9. The number of carbonyl (C=O) groups excluding carboxylic acids is 4. The minimum Gasteiger partial charge on any atom is -0.481 e. The fourth-order valence-corrected chi connectivity index (χ4v) is 2.97. The molecule has 0 aromatic heterocycles. The Balaban J connectivity index is 2.91. The van der Waals surface area contributed by atoms with Crippen LogP contribution in [0.1, 0.15) is 38.2 Å². The molecule has 0 radical (unpaired) electrons. The van der Waals surface area contributed by atoms with Crippen LogP contribution in [0.2, 0.25) is 0 Å². The van der Waals surface area contributed by atoms with Crippen LogP contribution in [-0.4, -0.2) is 69.9 Å². The number of primary amides is 1. The Kier molecular flexibility index (Phi) is 11.9. The number of hydrogen-bond acceptors (Lipinski definition) is 7. The van der Waals surface area contributed by atoms with Crippen molar-refractivity contribution in [1.29, 1.82) is 0 Å². The minimum absolute atomic E-state index is 0.00246. The highest BCUT2D eigenvalue weighted by molar-refractivity contribution is 5.94. The zero-order chi connectivity index (χ0) is 26.5. The summed E-state index contributed by atoms with van der Waals surface area (Å²) in [6, 6.07) is 3.70. The fraction of sp³-hybridized carbons (Fsp3) is 0.455. The summed E-state index contributed by atoms with van der Waals surface area (Å²) in [6.07, 6.45) is -0.949. The molecule has 4 amide bonds. The lowest BCUT2D eigenvalue weighted by Crippen LogP contribution is -2.57. The molecule has 0 aliphatic heterocycles. The second kappa shape index (κ2) is 14.3. The van der Waals surface area contributed by atoms with Gasteiger partial charge in [0, 0.05) is 19.3 Å². The molecule has 13 heteroatoms. The number of nitrogens with two attached hydrogens (primary N) is 2. The zero-order valence-corrected chi connectivity index (χ0v) is 19.2. The highest BCUT2D eigenvalue weighted by Crippen LogP contribution is 2.06. The lowest BCUT2D eigenvalue weighted by Gasteiger charge is -2.24. The first-order chi connectivity index (χ1) is 16.4. The third kappa shape index (κ3) is 11.1. The van der Waals surface area contributed by atoms with Crippen LogP contribution in [0.15, 0.2) is 30.3 Å². The van der Waals surface area contributed by atoms with E-state index in [0.717, 1.165) is 0 Å². The molecule has 4 unspecified atom stereocenters. The van der Waals surface area contributed by atoms with E-state index in [-0.39, 0.29) is 25.7 Å². The van der Waals surface area contributed by atoms with Crippen LogP contribution in [0.4, 0.5) is 0 Å². The van der Waals surface area contributed by atoms with Crippen LogP contribution in [-0.2, 0) is 35.2 Å². The van der Waals surface area contributed by atoms with E-state index in [1.165, 1.54) is 6.92 Å². The number of amides is 4. The molecule has 0 aliphatic rings. The Bertz CT molecular complexity index is 924. The van der Waals surface area contributed by atoms with E-state index in [0.29, 0.717) is 5.56 Å². The molecule has 1 aromatic carbocycles. The summed E-state index contributed by atoms with van der Waals surface area (Å²) >= 11 is 0. The molecule has 0 saturated heterocycles. The third-order valence-corrected chi connectivity index (χ3v) is 4.97. The molecule has 0 saturated carbocycles. The zero-order valence-electron chi connectivity index (χ0n) is 19.2. The van der Waals surface area contributed by atoms with E-state index < -0.39 is 66.2 Å². The van der Waals surface area contributed by atoms with E-state index in [9.17, 15) is 33.9 Å². The summed E-state index contributed by atoms with van der Waals surface area (Å²) in [5.74, 6) is -5.55. The van der Waals surface area contributed by atoms with Gasteiger partial charge in [-0.05, 0) is 25.3 Å². The lowest BCUT2D eigenvalue weighted by atomic mass is 10.0. The van der Waals surface area contributed by atoms with Crippen molar-refractivity contribution in [2.75, 3.05) is 0 Å². The molecule has 1 aromatic rings. The first kappa shape index (κ1) is 29.0. The number of carbonyl (C=O) groups is 6. The van der Waals surface area contributed by atoms with Gasteiger partial charge in [-0.25, -0.2) is 4.79 Å². The van der Waals surface area contributed by atoms with Crippen molar-refractivity contribution in [1.82, 2.24) is 16.0 Å². The molecule has 0 fully saturated rings. The van der Waals surface area contributed by atoms with E-state index in [1.54, 1.807) is 30.3 Å². The molecule has 0 spiro atoms. The number of carboxylic acid groups (broad SMARTS) is 2. The van der Waals surface area contributed by atoms with Gasteiger partial charge in [0.25, 0.3) is 0 Å². The topological polar surface area (TPSA) is 231 Å². The molecular formula is C22H31N5O8. The molecule has 0 bridgehead atoms. The number of benzene rings is 1. The third-order valence-electron chi connectivity index (χ3n) is 4.97. The molecule has 9 N–H and O–H groups in total. The van der Waals surface area contributed by atoms with Crippen molar-refractivity contribution in [3.8, 4) is 0 Å². The van der Waals surface area contributed by atoms with Gasteiger partial charge in [-0.3, -0.25) is 24.0 Å². The van der Waals surface area contributed by atoms with E-state index in [1.807, 2.05) is 0 Å². The smallest absolute Gasteiger partial charge is 0.326 e. The Morgan fingerprint density at radius 2 is 1.43 bits per heavy atom. The van der Waals surface area contributed by atoms with Gasteiger partial charge in [0.2, 0.25) is 23.6 Å². The van der Waals surface area contributed by atoms with Crippen molar-refractivity contribution in [3.05, 3.63) is 35.9 Å². The summed E-state index contributed by atoms with van der Waals surface area (Å²) < 4.78 is 0. The Labute approximate surface area is 201 Å². The van der Waals surface area contributed by atoms with Crippen molar-refractivity contribution < 1.29 is 39.0 Å². The first-order valence-electron chi connectivity index (χ1n) is 10.8. The van der Waals surface area contributed by atoms with Crippen LogP contribution >= 0.6 is 0 Å². The van der Waals surface area contributed by atoms with Crippen LogP contribution in [0, 0.1) is 0 Å². The van der Waals surface area contributed by atoms with Crippen molar-refractivity contribution >= 4 is 35.6 Å². The van der Waals surface area contributed by atoms with Crippen molar-refractivity contribution in [3.63, 3.8) is 0 Å². The molecular weight excluding hydrogens is 462 g/mol. The number of aliphatic carboxylic acids is 2. The second-order valence-electron chi connectivity index (χ2n) is 7.92. The average Bonchev–Trinajstić information content (AvgIpc) is 2.79. The summed E-state index contributed by atoms with van der Waals surface area (Å²) in [5, 5.41) is 25.2. The Hall–Kier alpha value is -4.00. The number of rotatable bonds is 15. The predicted octanol–water partition coefficient (Wildman–Crippen LogP) is -1.75. The van der Waals surface area contributed by atoms with Crippen molar-refractivity contribution in [2.45, 2.75) is 63.2 Å². The Morgan fingerprint density at radius 3 is 1.97 bits per heavy atom. The maximum Gasteiger partial charge on any atom is 0.326 e. The van der Waals surface area contributed by atoms with E-state index in [4.69, 9.17) is 16.6 Å². The second-order valence-corrected chi connectivity index (χ2v) is 7.92. The normalized spacial score (nSPS) is 14.0. The molecule has 13 nitrogen and oxygen atoms in total. The lowest BCUT2D eigenvalue weighted by molar-refractivity contribution is -0.143. The van der Waals surface area contributed by atoms with Crippen LogP contribution in [0.3, 0.4) is 0 Å². The summed E-state index contributed by atoms with van der Waals surface area (Å²) in [5.41, 5.74) is 11.4. The van der Waals surface area contributed by atoms with Gasteiger partial charge >= 0.3 is 11.9 Å². The predicted molar refractivity (Wildman–Crippen MR) is 123 cm³/mol. The SMILES string of the molecule is CC(NC(=O)C(N)CCC(N)=O)C(=O)NC(Cc1ccccc1)C(=O)NC(CCC(=O)O)C(=O)O. The quantitative estimate of drug-likeness (QED) is 0.146. The largest absolute Gasteiger partial charge is 0.481 e. The average molecular weight is 494 g/mol. The maximum atomic E-state index is 12.9. The molecule has 4 atom stereocenters. The van der Waals surface area contributed by atoms with E-state index in [2.05, 4.69) is 16.0 Å². The summed E-state index contributed by atoms with van der Waals surface area (Å²) in [7, 11) is 0.